The molecule has 2 N–H and O–H groups in total. The van der Waals surface area contributed by atoms with Crippen LogP contribution in [0.2, 0.25) is 0 Å². The first-order valence-corrected chi connectivity index (χ1v) is 11.8. The lowest BCUT2D eigenvalue weighted by molar-refractivity contribution is 0.0773. The van der Waals surface area contributed by atoms with Gasteiger partial charge in [0.25, 0.3) is 5.91 Å². The van der Waals surface area contributed by atoms with Gasteiger partial charge < -0.3 is 20.0 Å². The van der Waals surface area contributed by atoms with Gasteiger partial charge in [0.2, 0.25) is 0 Å². The molecule has 1 aliphatic heterocycles. The molecule has 1 amide bonds. The minimum Gasteiger partial charge on any atom is -0.468 e. The number of furan rings is 1. The fourth-order valence-corrected chi connectivity index (χ4v) is 4.10. The first-order chi connectivity index (χ1) is 15.7. The van der Waals surface area contributed by atoms with Crippen LogP contribution in [0.3, 0.4) is 0 Å². The zero-order chi connectivity index (χ0) is 22.8. The second-order valence-electron chi connectivity index (χ2n) is 8.02. The number of carbonyl (C=O) groups excluding carboxylic acids is 1. The molecule has 32 heavy (non-hydrogen) atoms. The van der Waals surface area contributed by atoms with Gasteiger partial charge in [-0.05, 0) is 76.5 Å². The van der Waals surface area contributed by atoms with Crippen LogP contribution in [0.5, 0.6) is 0 Å². The largest absolute Gasteiger partial charge is 0.468 e. The van der Waals surface area contributed by atoms with Crippen LogP contribution in [0.1, 0.15) is 61.3 Å². The van der Waals surface area contributed by atoms with Crippen LogP contribution in [-0.2, 0) is 6.54 Å². The molecule has 1 saturated heterocycles. The Bertz CT molecular complexity index is 838. The molecule has 0 bridgehead atoms. The number of rotatable bonds is 10. The van der Waals surface area contributed by atoms with Gasteiger partial charge in [0.1, 0.15) is 5.76 Å². The molecule has 2 heterocycles. The van der Waals surface area contributed by atoms with Crippen molar-refractivity contribution in [1.82, 2.24) is 20.4 Å². The molecule has 0 saturated carbocycles. The summed E-state index contributed by atoms with van der Waals surface area (Å²) in [5.74, 6) is 1.85. The van der Waals surface area contributed by atoms with Crippen LogP contribution < -0.4 is 10.6 Å². The third kappa shape index (κ3) is 6.36. The molecule has 1 atom stereocenters. The Kier molecular flexibility index (Phi) is 9.16. The Morgan fingerprint density at radius 1 is 1.09 bits per heavy atom. The second kappa shape index (κ2) is 12.3. The van der Waals surface area contributed by atoms with E-state index in [1.54, 1.807) is 6.26 Å². The highest BCUT2D eigenvalue weighted by Crippen LogP contribution is 2.24. The van der Waals surface area contributed by atoms with Crippen molar-refractivity contribution in [2.24, 2.45) is 4.99 Å². The van der Waals surface area contributed by atoms with E-state index in [9.17, 15) is 4.79 Å². The summed E-state index contributed by atoms with van der Waals surface area (Å²) >= 11 is 0. The predicted octanol–water partition coefficient (Wildman–Crippen LogP) is 3.65. The van der Waals surface area contributed by atoms with Crippen molar-refractivity contribution in [3.05, 3.63) is 59.5 Å². The maximum atomic E-state index is 12.5. The van der Waals surface area contributed by atoms with Gasteiger partial charge >= 0.3 is 0 Å². The van der Waals surface area contributed by atoms with Crippen LogP contribution in [0.25, 0.3) is 0 Å². The quantitative estimate of drug-likeness (QED) is 0.437. The summed E-state index contributed by atoms with van der Waals surface area (Å²) in [6.45, 7) is 11.8. The summed E-state index contributed by atoms with van der Waals surface area (Å²) in [4.78, 5) is 21.5. The Labute approximate surface area is 191 Å². The SMILES string of the molecule is CCNC(=NCc1ccc(C(=O)N(CC)CC)cc1)NCC(c1ccco1)N1CCCC1. The first kappa shape index (κ1) is 23.9. The number of carbonyl (C=O) groups is 1. The van der Waals surface area contributed by atoms with Gasteiger partial charge in [0.05, 0.1) is 18.8 Å². The fraction of sp³-hybridized carbons (Fsp3) is 0.520. The predicted molar refractivity (Wildman–Crippen MR) is 129 cm³/mol. The number of nitrogens with one attached hydrogen (secondary N) is 2. The number of hydrogen-bond acceptors (Lipinski definition) is 4. The molecule has 1 aromatic heterocycles. The van der Waals surface area contributed by atoms with Crippen molar-refractivity contribution >= 4 is 11.9 Å². The maximum Gasteiger partial charge on any atom is 0.253 e. The molecule has 174 valence electrons. The molecular weight excluding hydrogens is 402 g/mol. The van der Waals surface area contributed by atoms with E-state index in [-0.39, 0.29) is 11.9 Å². The molecule has 3 rings (SSSR count). The lowest BCUT2D eigenvalue weighted by atomic mass is 10.1. The first-order valence-electron chi connectivity index (χ1n) is 11.8. The molecule has 7 nitrogen and oxygen atoms in total. The Balaban J connectivity index is 1.62. The third-order valence-electron chi connectivity index (χ3n) is 5.93. The zero-order valence-electron chi connectivity index (χ0n) is 19.6. The van der Waals surface area contributed by atoms with Gasteiger partial charge in [0, 0.05) is 31.7 Å². The van der Waals surface area contributed by atoms with Crippen molar-refractivity contribution in [2.45, 2.75) is 46.2 Å². The zero-order valence-corrected chi connectivity index (χ0v) is 19.6. The summed E-state index contributed by atoms with van der Waals surface area (Å²) in [5, 5.41) is 6.83. The number of amides is 1. The number of nitrogens with zero attached hydrogens (tertiary/aromatic N) is 3. The van der Waals surface area contributed by atoms with Crippen LogP contribution in [0.4, 0.5) is 0 Å². The molecule has 0 radical (unpaired) electrons. The van der Waals surface area contributed by atoms with Crippen LogP contribution >= 0.6 is 0 Å². The molecule has 0 spiro atoms. The highest BCUT2D eigenvalue weighted by Gasteiger charge is 2.25. The number of likely N-dealkylation sites (tertiary alicyclic amines) is 1. The molecule has 7 heteroatoms. The van der Waals surface area contributed by atoms with Gasteiger partial charge in [-0.25, -0.2) is 4.99 Å². The Hall–Kier alpha value is -2.80. The maximum absolute atomic E-state index is 12.5. The smallest absolute Gasteiger partial charge is 0.253 e. The lowest BCUT2D eigenvalue weighted by Crippen LogP contribution is -2.42. The highest BCUT2D eigenvalue weighted by atomic mass is 16.3. The van der Waals surface area contributed by atoms with E-state index in [1.807, 2.05) is 49.1 Å². The van der Waals surface area contributed by atoms with Crippen LogP contribution in [-0.4, -0.2) is 60.9 Å². The van der Waals surface area contributed by atoms with Crippen LogP contribution in [0.15, 0.2) is 52.1 Å². The summed E-state index contributed by atoms with van der Waals surface area (Å²) < 4.78 is 5.72. The topological polar surface area (TPSA) is 73.1 Å². The molecule has 2 aromatic rings. The van der Waals surface area contributed by atoms with E-state index in [0.717, 1.165) is 62.1 Å². The Morgan fingerprint density at radius 2 is 1.81 bits per heavy atom. The lowest BCUT2D eigenvalue weighted by Gasteiger charge is -2.26. The molecule has 0 aliphatic carbocycles. The molecule has 1 aliphatic rings. The monoisotopic (exact) mass is 439 g/mol. The number of benzene rings is 1. The number of hydrogen-bond donors (Lipinski definition) is 2. The van der Waals surface area contributed by atoms with Gasteiger partial charge in [0.15, 0.2) is 5.96 Å². The van der Waals surface area contributed by atoms with E-state index >= 15 is 0 Å². The van der Waals surface area contributed by atoms with E-state index in [0.29, 0.717) is 6.54 Å². The van der Waals surface area contributed by atoms with Crippen molar-refractivity contribution in [3.8, 4) is 0 Å². The molecular formula is C25H37N5O2. The summed E-state index contributed by atoms with van der Waals surface area (Å²) in [6, 6.07) is 12.0. The average molecular weight is 440 g/mol. The van der Waals surface area contributed by atoms with Crippen molar-refractivity contribution in [3.63, 3.8) is 0 Å². The average Bonchev–Trinajstić information content (AvgIpc) is 3.54. The van der Waals surface area contributed by atoms with Gasteiger partial charge in [-0.2, -0.15) is 0 Å². The highest BCUT2D eigenvalue weighted by molar-refractivity contribution is 5.94. The minimum absolute atomic E-state index is 0.0749. The standard InChI is InChI=1S/C25H37N5O2/c1-4-26-25(28-19-22(23-10-9-17-32-23)30-15-7-8-16-30)27-18-20-11-13-21(14-12-20)24(31)29(5-2)6-3/h9-14,17,22H,4-8,15-16,18-19H2,1-3H3,(H2,26,27,28). The molecule has 1 aromatic carbocycles. The van der Waals surface area contributed by atoms with Crippen LogP contribution in [0, 0.1) is 0 Å². The van der Waals surface area contributed by atoms with E-state index in [4.69, 9.17) is 9.41 Å². The number of aliphatic imine (C=N–C) groups is 1. The van der Waals surface area contributed by atoms with Crippen molar-refractivity contribution < 1.29 is 9.21 Å². The van der Waals surface area contributed by atoms with Crippen molar-refractivity contribution in [2.75, 3.05) is 39.3 Å². The normalized spacial score (nSPS) is 15.5. The Morgan fingerprint density at radius 3 is 2.41 bits per heavy atom. The summed E-state index contributed by atoms with van der Waals surface area (Å²) in [7, 11) is 0. The second-order valence-corrected chi connectivity index (χ2v) is 8.02. The molecule has 1 unspecified atom stereocenters. The summed E-state index contributed by atoms with van der Waals surface area (Å²) in [6.07, 6.45) is 4.21. The summed E-state index contributed by atoms with van der Waals surface area (Å²) in [5.41, 5.74) is 1.79. The number of guanidine groups is 1. The minimum atomic E-state index is 0.0749. The van der Waals surface area contributed by atoms with E-state index < -0.39 is 0 Å². The van der Waals surface area contributed by atoms with Gasteiger partial charge in [-0.15, -0.1) is 0 Å². The van der Waals surface area contributed by atoms with E-state index in [2.05, 4.69) is 28.5 Å². The van der Waals surface area contributed by atoms with E-state index in [1.165, 1.54) is 12.8 Å². The van der Waals surface area contributed by atoms with Gasteiger partial charge in [-0.3, -0.25) is 9.69 Å². The van der Waals surface area contributed by atoms with Gasteiger partial charge in [-0.1, -0.05) is 12.1 Å². The molecule has 1 fully saturated rings. The fourth-order valence-electron chi connectivity index (χ4n) is 4.10. The third-order valence-corrected chi connectivity index (χ3v) is 5.93. The van der Waals surface area contributed by atoms with Crippen molar-refractivity contribution in [1.29, 1.82) is 0 Å².